The number of nitrogens with zero attached hydrogens (tertiary/aromatic N) is 2. The lowest BCUT2D eigenvalue weighted by molar-refractivity contribution is 0.205. The lowest BCUT2D eigenvalue weighted by Crippen LogP contribution is -2.33. The van der Waals surface area contributed by atoms with Gasteiger partial charge in [-0.25, -0.2) is 0 Å². The van der Waals surface area contributed by atoms with Crippen molar-refractivity contribution in [3.63, 3.8) is 0 Å². The maximum Gasteiger partial charge on any atom is 0.142 e. The van der Waals surface area contributed by atoms with Gasteiger partial charge in [0.05, 0.1) is 12.3 Å². The highest BCUT2D eigenvalue weighted by Crippen LogP contribution is 2.31. The molecule has 2 fully saturated rings. The van der Waals surface area contributed by atoms with Crippen LogP contribution in [0, 0.1) is 0 Å². The molecule has 0 atom stereocenters. The first-order chi connectivity index (χ1) is 15.4. The highest BCUT2D eigenvalue weighted by molar-refractivity contribution is 5.70. The number of hydrogen-bond acceptors (Lipinski definition) is 4. The Morgan fingerprint density at radius 3 is 2.10 bits per heavy atom. The summed E-state index contributed by atoms with van der Waals surface area (Å²) in [6, 6.07) is 17.2. The summed E-state index contributed by atoms with van der Waals surface area (Å²) in [5.74, 6) is 0.985. The summed E-state index contributed by atoms with van der Waals surface area (Å²) in [6.07, 6.45) is 9.26. The maximum absolute atomic E-state index is 6.33. The van der Waals surface area contributed by atoms with Crippen LogP contribution in [0.2, 0.25) is 0 Å². The number of rotatable bonds is 10. The molecule has 168 valence electrons. The van der Waals surface area contributed by atoms with E-state index in [9.17, 15) is 0 Å². The van der Waals surface area contributed by atoms with Crippen LogP contribution in [0.25, 0.3) is 11.1 Å². The number of nitrogens with one attached hydrogen (secondary N) is 1. The van der Waals surface area contributed by atoms with E-state index in [1.165, 1.54) is 75.8 Å². The summed E-state index contributed by atoms with van der Waals surface area (Å²) in [6.45, 7) is 9.00. The second kappa shape index (κ2) is 12.1. The van der Waals surface area contributed by atoms with E-state index in [-0.39, 0.29) is 0 Å². The average Bonchev–Trinajstić information content (AvgIpc) is 2.84. The zero-order chi connectivity index (χ0) is 21.1. The normalized spacial score (nSPS) is 18.1. The molecule has 0 unspecified atom stereocenters. The number of ether oxygens (including phenoxy) is 1. The van der Waals surface area contributed by atoms with E-state index in [1.54, 1.807) is 0 Å². The molecular formula is C27H39N3O. The van der Waals surface area contributed by atoms with Crippen LogP contribution in [0.15, 0.2) is 48.5 Å². The molecule has 0 bridgehead atoms. The monoisotopic (exact) mass is 421 g/mol. The van der Waals surface area contributed by atoms with Gasteiger partial charge < -0.3 is 19.9 Å². The van der Waals surface area contributed by atoms with Gasteiger partial charge in [-0.3, -0.25) is 0 Å². The molecule has 0 amide bonds. The standard InChI is InChI=1S/C27H39N3O/c1-4-11-24(12-5-1)25-13-14-26(28-15-21-30-18-8-3-9-19-30)27(23-25)31-22-10-20-29-16-6-2-7-17-29/h1,4-5,11-14,23,28H,2-3,6-10,15-22H2. The molecule has 2 aromatic rings. The van der Waals surface area contributed by atoms with Gasteiger partial charge >= 0.3 is 0 Å². The van der Waals surface area contributed by atoms with Gasteiger partial charge in [-0.1, -0.05) is 49.2 Å². The van der Waals surface area contributed by atoms with Gasteiger partial charge in [-0.2, -0.15) is 0 Å². The lowest BCUT2D eigenvalue weighted by atomic mass is 10.0. The second-order valence-electron chi connectivity index (χ2n) is 9.01. The quantitative estimate of drug-likeness (QED) is 0.512. The van der Waals surface area contributed by atoms with Crippen molar-refractivity contribution in [2.24, 2.45) is 0 Å². The van der Waals surface area contributed by atoms with E-state index in [1.807, 2.05) is 0 Å². The Hall–Kier alpha value is -2.04. The largest absolute Gasteiger partial charge is 0.491 e. The molecule has 1 N–H and O–H groups in total. The predicted molar refractivity (Wildman–Crippen MR) is 131 cm³/mol. The van der Waals surface area contributed by atoms with Crippen molar-refractivity contribution in [3.05, 3.63) is 48.5 Å². The Bertz CT molecular complexity index is 767. The van der Waals surface area contributed by atoms with Gasteiger partial charge in [0.25, 0.3) is 0 Å². The zero-order valence-corrected chi connectivity index (χ0v) is 19.0. The third kappa shape index (κ3) is 6.98. The molecule has 0 aliphatic carbocycles. The molecule has 2 aliphatic heterocycles. The highest BCUT2D eigenvalue weighted by atomic mass is 16.5. The van der Waals surface area contributed by atoms with Crippen LogP contribution >= 0.6 is 0 Å². The van der Waals surface area contributed by atoms with Crippen molar-refractivity contribution in [3.8, 4) is 16.9 Å². The third-order valence-corrected chi connectivity index (χ3v) is 6.61. The molecule has 4 nitrogen and oxygen atoms in total. The Balaban J connectivity index is 1.35. The molecule has 0 spiro atoms. The van der Waals surface area contributed by atoms with E-state index in [0.29, 0.717) is 0 Å². The summed E-state index contributed by atoms with van der Waals surface area (Å²) >= 11 is 0. The Kier molecular flexibility index (Phi) is 8.66. The number of benzene rings is 2. The fourth-order valence-corrected chi connectivity index (χ4v) is 4.78. The van der Waals surface area contributed by atoms with Gasteiger partial charge in [-0.05, 0) is 81.5 Å². The summed E-state index contributed by atoms with van der Waals surface area (Å²) in [5.41, 5.74) is 3.57. The van der Waals surface area contributed by atoms with Crippen LogP contribution in [0.4, 0.5) is 5.69 Å². The molecule has 2 aliphatic rings. The lowest BCUT2D eigenvalue weighted by Gasteiger charge is -2.27. The second-order valence-corrected chi connectivity index (χ2v) is 9.01. The van der Waals surface area contributed by atoms with Crippen LogP contribution in [0.3, 0.4) is 0 Å². The van der Waals surface area contributed by atoms with Crippen molar-refractivity contribution >= 4 is 5.69 Å². The SMILES string of the molecule is c1ccc(-c2ccc(NCCN3CCCCC3)c(OCCCN3CCCCC3)c2)cc1. The molecule has 4 heteroatoms. The Morgan fingerprint density at radius 2 is 1.39 bits per heavy atom. The molecule has 0 aromatic heterocycles. The van der Waals surface area contributed by atoms with Crippen molar-refractivity contribution in [2.45, 2.75) is 44.9 Å². The van der Waals surface area contributed by atoms with Gasteiger partial charge in [0, 0.05) is 19.6 Å². The van der Waals surface area contributed by atoms with Crippen molar-refractivity contribution in [1.29, 1.82) is 0 Å². The minimum Gasteiger partial charge on any atom is -0.491 e. The number of likely N-dealkylation sites (tertiary alicyclic amines) is 2. The first-order valence-corrected chi connectivity index (χ1v) is 12.4. The minimum atomic E-state index is 0.773. The minimum absolute atomic E-state index is 0.773. The van der Waals surface area contributed by atoms with E-state index < -0.39 is 0 Å². The van der Waals surface area contributed by atoms with Crippen molar-refractivity contribution in [2.75, 3.05) is 57.7 Å². The summed E-state index contributed by atoms with van der Waals surface area (Å²) < 4.78 is 6.33. The smallest absolute Gasteiger partial charge is 0.142 e. The van der Waals surface area contributed by atoms with Crippen LogP contribution in [-0.4, -0.2) is 62.2 Å². The van der Waals surface area contributed by atoms with Gasteiger partial charge in [0.15, 0.2) is 0 Å². The number of piperidine rings is 2. The fourth-order valence-electron chi connectivity index (χ4n) is 4.78. The summed E-state index contributed by atoms with van der Waals surface area (Å²) in [4.78, 5) is 5.17. The van der Waals surface area contributed by atoms with Crippen LogP contribution in [0.1, 0.15) is 44.9 Å². The van der Waals surface area contributed by atoms with Gasteiger partial charge in [-0.15, -0.1) is 0 Å². The van der Waals surface area contributed by atoms with Crippen molar-refractivity contribution < 1.29 is 4.74 Å². The molecule has 2 aromatic carbocycles. The first kappa shape index (κ1) is 22.2. The van der Waals surface area contributed by atoms with E-state index in [4.69, 9.17) is 4.74 Å². The van der Waals surface area contributed by atoms with Gasteiger partial charge in [0.2, 0.25) is 0 Å². The average molecular weight is 422 g/mol. The molecule has 4 rings (SSSR count). The topological polar surface area (TPSA) is 27.7 Å². The Labute approximate surface area is 188 Å². The van der Waals surface area contributed by atoms with Crippen LogP contribution < -0.4 is 10.1 Å². The third-order valence-electron chi connectivity index (χ3n) is 6.61. The van der Waals surface area contributed by atoms with Crippen LogP contribution in [0.5, 0.6) is 5.75 Å². The van der Waals surface area contributed by atoms with Gasteiger partial charge in [0.1, 0.15) is 5.75 Å². The Morgan fingerprint density at radius 1 is 0.710 bits per heavy atom. The summed E-state index contributed by atoms with van der Waals surface area (Å²) in [7, 11) is 0. The molecule has 2 heterocycles. The van der Waals surface area contributed by atoms with Crippen molar-refractivity contribution in [1.82, 2.24) is 9.80 Å². The number of anilines is 1. The molecular weight excluding hydrogens is 382 g/mol. The van der Waals surface area contributed by atoms with E-state index >= 15 is 0 Å². The summed E-state index contributed by atoms with van der Waals surface area (Å²) in [5, 5.41) is 3.65. The molecule has 0 radical (unpaired) electrons. The molecule has 2 saturated heterocycles. The van der Waals surface area contributed by atoms with Crippen LogP contribution in [-0.2, 0) is 0 Å². The zero-order valence-electron chi connectivity index (χ0n) is 19.0. The molecule has 0 saturated carbocycles. The van der Waals surface area contributed by atoms with E-state index in [2.05, 4.69) is 63.6 Å². The van der Waals surface area contributed by atoms with E-state index in [0.717, 1.165) is 44.1 Å². The molecule has 31 heavy (non-hydrogen) atoms. The fraction of sp³-hybridized carbons (Fsp3) is 0.556. The maximum atomic E-state index is 6.33. The predicted octanol–water partition coefficient (Wildman–Crippen LogP) is 5.51. The highest BCUT2D eigenvalue weighted by Gasteiger charge is 2.12. The number of hydrogen-bond donors (Lipinski definition) is 1. The first-order valence-electron chi connectivity index (χ1n) is 12.4.